The van der Waals surface area contributed by atoms with Gasteiger partial charge in [0.15, 0.2) is 22.9 Å². The summed E-state index contributed by atoms with van der Waals surface area (Å²) in [7, 11) is -9.48. The molecule has 15 heteroatoms. The van der Waals surface area contributed by atoms with E-state index >= 15 is 0 Å². The smallest absolute Gasteiger partial charge is 0.744 e. The van der Waals surface area contributed by atoms with Crippen LogP contribution in [0.1, 0.15) is 0 Å². The third kappa shape index (κ3) is 5.92. The first kappa shape index (κ1) is 28.5. The standard InChI is InChI=1S/2C10H7NO5S.Ca/c2*12-10-7-4-2-1-3-6(7)9(17(14,15)16)5-8(10)11-13;/h2*1-5,12H,(H,14,15,16);/q;;+2/p-2. The van der Waals surface area contributed by atoms with Gasteiger partial charge in [-0.15, -0.1) is 9.81 Å². The number of nitrogens with zero attached hydrogens (tertiary/aromatic N) is 2. The second kappa shape index (κ2) is 10.9. The summed E-state index contributed by atoms with van der Waals surface area (Å²) in [6, 6.07) is 13.2. The number of hydrogen-bond acceptors (Lipinski definition) is 12. The van der Waals surface area contributed by atoms with Gasteiger partial charge in [-0.1, -0.05) is 48.5 Å². The zero-order valence-electron chi connectivity index (χ0n) is 17.4. The third-order valence-corrected chi connectivity index (χ3v) is 6.40. The number of hydrogen-bond donors (Lipinski definition) is 2. The number of rotatable bonds is 4. The molecule has 0 saturated heterocycles. The van der Waals surface area contributed by atoms with Gasteiger partial charge in [-0.2, -0.15) is 0 Å². The first-order chi connectivity index (χ1) is 15.9. The largest absolute Gasteiger partial charge is 2.00 e. The fraction of sp³-hybridized carbons (Fsp3) is 0. The monoisotopic (exact) mass is 544 g/mol. The molecule has 4 rings (SSSR count). The average molecular weight is 545 g/mol. The number of nitroso groups, excluding NO2 is 2. The van der Waals surface area contributed by atoms with Gasteiger partial charge in [0.2, 0.25) is 0 Å². The zero-order chi connectivity index (χ0) is 25.3. The van der Waals surface area contributed by atoms with E-state index in [1.807, 2.05) is 0 Å². The molecule has 0 fully saturated rings. The fourth-order valence-electron chi connectivity index (χ4n) is 3.18. The van der Waals surface area contributed by atoms with Crippen LogP contribution in [0.4, 0.5) is 11.4 Å². The van der Waals surface area contributed by atoms with Gasteiger partial charge in [0, 0.05) is 21.5 Å². The quantitative estimate of drug-likeness (QED) is 0.217. The number of phenols is 2. The number of phenolic OH excluding ortho intramolecular Hbond substituents is 2. The molecule has 4 aromatic rings. The molecule has 35 heavy (non-hydrogen) atoms. The second-order valence-corrected chi connectivity index (χ2v) is 9.36. The third-order valence-electron chi connectivity index (χ3n) is 4.65. The van der Waals surface area contributed by atoms with Crippen molar-refractivity contribution >= 4 is 90.9 Å². The molecule has 0 saturated carbocycles. The Hall–Kier alpha value is -2.72. The maximum atomic E-state index is 11.0. The summed E-state index contributed by atoms with van der Waals surface area (Å²) in [5.41, 5.74) is -0.948. The average Bonchev–Trinajstić information content (AvgIpc) is 2.79. The summed E-state index contributed by atoms with van der Waals surface area (Å²) in [5.74, 6) is -0.883. The van der Waals surface area contributed by atoms with Crippen molar-refractivity contribution < 1.29 is 36.2 Å². The van der Waals surface area contributed by atoms with Crippen LogP contribution in [0, 0.1) is 9.81 Å². The van der Waals surface area contributed by atoms with Crippen molar-refractivity contribution in [3.63, 3.8) is 0 Å². The molecule has 0 radical (unpaired) electrons. The Labute approximate surface area is 227 Å². The van der Waals surface area contributed by atoms with Crippen molar-refractivity contribution in [3.05, 3.63) is 70.5 Å². The van der Waals surface area contributed by atoms with Crippen LogP contribution in [0.15, 0.2) is 80.8 Å². The number of benzene rings is 4. The van der Waals surface area contributed by atoms with E-state index in [0.717, 1.165) is 12.1 Å². The Morgan fingerprint density at radius 1 is 0.600 bits per heavy atom. The van der Waals surface area contributed by atoms with Gasteiger partial charge in [0.05, 0.1) is 9.79 Å². The van der Waals surface area contributed by atoms with E-state index in [2.05, 4.69) is 10.4 Å². The second-order valence-electron chi connectivity index (χ2n) is 6.67. The van der Waals surface area contributed by atoms with Crippen molar-refractivity contribution in [1.29, 1.82) is 0 Å². The molecule has 4 aromatic carbocycles. The van der Waals surface area contributed by atoms with Gasteiger partial charge in [0.25, 0.3) is 0 Å². The predicted molar refractivity (Wildman–Crippen MR) is 124 cm³/mol. The molecule has 0 heterocycles. The number of fused-ring (bicyclic) bond motifs is 2. The van der Waals surface area contributed by atoms with Gasteiger partial charge < -0.3 is 19.3 Å². The summed E-state index contributed by atoms with van der Waals surface area (Å²) in [5, 5.41) is 24.6. The Bertz CT molecular complexity index is 1550. The molecule has 0 unspecified atom stereocenters. The van der Waals surface area contributed by atoms with Gasteiger partial charge >= 0.3 is 37.7 Å². The zero-order valence-corrected chi connectivity index (χ0v) is 21.2. The topological polar surface area (TPSA) is 214 Å². The van der Waals surface area contributed by atoms with Gasteiger partial charge in [-0.25, -0.2) is 16.8 Å². The van der Waals surface area contributed by atoms with Crippen LogP contribution < -0.4 is 0 Å². The van der Waals surface area contributed by atoms with Crippen LogP contribution in [0.2, 0.25) is 0 Å². The van der Waals surface area contributed by atoms with E-state index in [4.69, 9.17) is 0 Å². The Kier molecular flexibility index (Phi) is 8.89. The number of aromatic hydroxyl groups is 2. The van der Waals surface area contributed by atoms with Crippen molar-refractivity contribution in [1.82, 2.24) is 0 Å². The van der Waals surface area contributed by atoms with Crippen LogP contribution in [0.3, 0.4) is 0 Å². The fourth-order valence-corrected chi connectivity index (χ4v) is 4.58. The summed E-state index contributed by atoms with van der Waals surface area (Å²) in [6.07, 6.45) is 0. The normalized spacial score (nSPS) is 11.3. The van der Waals surface area contributed by atoms with Crippen LogP contribution in [-0.4, -0.2) is 73.9 Å². The van der Waals surface area contributed by atoms with E-state index in [1.165, 1.54) is 48.5 Å². The minimum Gasteiger partial charge on any atom is -0.744 e. The molecule has 0 aliphatic heterocycles. The van der Waals surface area contributed by atoms with Crippen molar-refractivity contribution in [2.24, 2.45) is 10.4 Å². The minimum absolute atomic E-state index is 0. The van der Waals surface area contributed by atoms with Crippen molar-refractivity contribution in [2.75, 3.05) is 0 Å². The van der Waals surface area contributed by atoms with Crippen molar-refractivity contribution in [3.8, 4) is 11.5 Å². The minimum atomic E-state index is -4.74. The van der Waals surface area contributed by atoms with Crippen molar-refractivity contribution in [2.45, 2.75) is 9.79 Å². The summed E-state index contributed by atoms with van der Waals surface area (Å²) < 4.78 is 66.3. The Balaban J connectivity index is 0.000000240. The van der Waals surface area contributed by atoms with Gasteiger partial charge in [0.1, 0.15) is 20.2 Å². The molecule has 0 aliphatic rings. The van der Waals surface area contributed by atoms with E-state index in [-0.39, 0.29) is 59.3 Å². The van der Waals surface area contributed by atoms with Crippen LogP contribution >= 0.6 is 0 Å². The van der Waals surface area contributed by atoms with Crippen LogP contribution in [0.5, 0.6) is 11.5 Å². The molecule has 0 amide bonds. The van der Waals surface area contributed by atoms with E-state index in [1.54, 1.807) is 0 Å². The van der Waals surface area contributed by atoms with E-state index < -0.39 is 52.9 Å². The maximum absolute atomic E-state index is 11.0. The predicted octanol–water partition coefficient (Wildman–Crippen LogP) is 3.31. The molecule has 0 spiro atoms. The SMILES string of the molecule is O=Nc1cc(S(=O)(=O)[O-])c2ccccc2c1O.O=Nc1cc(S(=O)(=O)[O-])c2ccccc2c1O.[Ca+2]. The molecule has 0 aliphatic carbocycles. The molecule has 0 atom stereocenters. The molecular weight excluding hydrogens is 532 g/mol. The summed E-state index contributed by atoms with van der Waals surface area (Å²) >= 11 is 0. The first-order valence-electron chi connectivity index (χ1n) is 8.98. The summed E-state index contributed by atoms with van der Waals surface area (Å²) in [4.78, 5) is 19.7. The summed E-state index contributed by atoms with van der Waals surface area (Å²) in [6.45, 7) is 0. The van der Waals surface area contributed by atoms with E-state index in [9.17, 15) is 46.0 Å². The van der Waals surface area contributed by atoms with Gasteiger partial charge in [-0.05, 0) is 22.5 Å². The van der Waals surface area contributed by atoms with E-state index in [0.29, 0.717) is 0 Å². The Morgan fingerprint density at radius 2 is 0.886 bits per heavy atom. The first-order valence-corrected chi connectivity index (χ1v) is 11.8. The molecule has 0 bridgehead atoms. The van der Waals surface area contributed by atoms with Crippen LogP contribution in [-0.2, 0) is 20.2 Å². The molecule has 0 aromatic heterocycles. The Morgan fingerprint density at radius 3 is 1.14 bits per heavy atom. The van der Waals surface area contributed by atoms with Crippen LogP contribution in [0.25, 0.3) is 21.5 Å². The molecule has 176 valence electrons. The molecule has 12 nitrogen and oxygen atoms in total. The molecular formula is C20H12CaN2O10S2. The maximum Gasteiger partial charge on any atom is 2.00 e. The van der Waals surface area contributed by atoms with Gasteiger partial charge in [-0.3, -0.25) is 0 Å². The molecule has 2 N–H and O–H groups in total.